The Morgan fingerprint density at radius 2 is 1.88 bits per heavy atom. The molecule has 1 aliphatic heterocycles. The summed E-state index contributed by atoms with van der Waals surface area (Å²) in [7, 11) is -3.61. The Kier molecular flexibility index (Phi) is 5.96. The molecule has 7 nitrogen and oxygen atoms in total. The van der Waals surface area contributed by atoms with E-state index in [1.54, 1.807) is 12.1 Å². The molecular formula is C18H28N4O3S. The number of hydrogen-bond acceptors (Lipinski definition) is 5. The van der Waals surface area contributed by atoms with Crippen LogP contribution in [0.25, 0.3) is 0 Å². The van der Waals surface area contributed by atoms with Crippen molar-refractivity contribution in [3.05, 3.63) is 29.8 Å². The van der Waals surface area contributed by atoms with E-state index in [0.29, 0.717) is 30.1 Å². The zero-order valence-electron chi connectivity index (χ0n) is 15.3. The highest BCUT2D eigenvalue weighted by Crippen LogP contribution is 2.21. The smallest absolute Gasteiger partial charge is 0.251 e. The molecule has 144 valence electrons. The molecule has 1 aliphatic carbocycles. The molecule has 1 saturated heterocycles. The van der Waals surface area contributed by atoms with Gasteiger partial charge >= 0.3 is 0 Å². The quantitative estimate of drug-likeness (QED) is 0.507. The maximum absolute atomic E-state index is 12.5. The van der Waals surface area contributed by atoms with Crippen LogP contribution in [-0.2, 0) is 10.0 Å². The highest BCUT2D eigenvalue weighted by molar-refractivity contribution is 7.89. The Balaban J connectivity index is 1.53. The molecule has 1 amide bonds. The highest BCUT2D eigenvalue weighted by Gasteiger charge is 2.29. The molecule has 2 fully saturated rings. The fraction of sp³-hybridized carbons (Fsp3) is 0.611. The Morgan fingerprint density at radius 3 is 2.54 bits per heavy atom. The van der Waals surface area contributed by atoms with E-state index in [9.17, 15) is 13.2 Å². The Labute approximate surface area is 155 Å². The molecule has 3 rings (SSSR count). The standard InChI is InChI=1S/C18H28N4O3S/c1-12-17(13(2)22-21-12)7-4-10-19-26(24,25)16-6-3-5-14(11-16)18(23)20-15-8-9-15/h3,5-6,11-13,15,17,19,21-22H,4,7-10H2,1-2H3,(H,20,23). The minimum absolute atomic E-state index is 0.131. The number of hydrogen-bond donors (Lipinski definition) is 4. The lowest BCUT2D eigenvalue weighted by molar-refractivity contribution is 0.0951. The van der Waals surface area contributed by atoms with Crippen molar-refractivity contribution in [1.82, 2.24) is 20.9 Å². The minimum atomic E-state index is -3.61. The molecule has 0 spiro atoms. The van der Waals surface area contributed by atoms with Gasteiger partial charge in [0, 0.05) is 30.2 Å². The van der Waals surface area contributed by atoms with Gasteiger partial charge in [0.25, 0.3) is 5.91 Å². The van der Waals surface area contributed by atoms with Gasteiger partial charge in [-0.15, -0.1) is 0 Å². The second-order valence-electron chi connectivity index (χ2n) is 7.35. The molecule has 1 aromatic rings. The normalized spacial score (nSPS) is 26.0. The van der Waals surface area contributed by atoms with Crippen molar-refractivity contribution < 1.29 is 13.2 Å². The summed E-state index contributed by atoms with van der Waals surface area (Å²) in [4.78, 5) is 12.2. The van der Waals surface area contributed by atoms with E-state index in [4.69, 9.17) is 0 Å². The third-order valence-corrected chi connectivity index (χ3v) is 6.61. The summed E-state index contributed by atoms with van der Waals surface area (Å²) in [6, 6.07) is 7.20. The lowest BCUT2D eigenvalue weighted by Gasteiger charge is -2.17. The summed E-state index contributed by atoms with van der Waals surface area (Å²) in [5.41, 5.74) is 6.80. The van der Waals surface area contributed by atoms with Crippen molar-refractivity contribution in [3.63, 3.8) is 0 Å². The second kappa shape index (κ2) is 8.04. The van der Waals surface area contributed by atoms with Gasteiger partial charge in [0.05, 0.1) is 4.90 Å². The van der Waals surface area contributed by atoms with Crippen LogP contribution >= 0.6 is 0 Å². The average molecular weight is 381 g/mol. The van der Waals surface area contributed by atoms with Gasteiger partial charge in [-0.3, -0.25) is 15.6 Å². The van der Waals surface area contributed by atoms with E-state index in [0.717, 1.165) is 25.7 Å². The van der Waals surface area contributed by atoms with Gasteiger partial charge in [-0.1, -0.05) is 6.07 Å². The van der Waals surface area contributed by atoms with Gasteiger partial charge < -0.3 is 5.32 Å². The van der Waals surface area contributed by atoms with E-state index in [1.165, 1.54) is 12.1 Å². The predicted octanol–water partition coefficient (Wildman–Crippen LogP) is 1.14. The molecule has 1 heterocycles. The van der Waals surface area contributed by atoms with Gasteiger partial charge in [-0.25, -0.2) is 13.1 Å². The summed E-state index contributed by atoms with van der Waals surface area (Å²) < 4.78 is 27.6. The average Bonchev–Trinajstić information content (AvgIpc) is 3.37. The molecule has 0 bridgehead atoms. The first-order chi connectivity index (χ1) is 12.4. The van der Waals surface area contributed by atoms with E-state index in [1.807, 2.05) is 0 Å². The largest absolute Gasteiger partial charge is 0.349 e. The first kappa shape index (κ1) is 19.3. The lowest BCUT2D eigenvalue weighted by Crippen LogP contribution is -2.30. The van der Waals surface area contributed by atoms with Crippen LogP contribution in [0.5, 0.6) is 0 Å². The van der Waals surface area contributed by atoms with Gasteiger partial charge in [-0.05, 0) is 63.6 Å². The van der Waals surface area contributed by atoms with Gasteiger partial charge in [0.15, 0.2) is 0 Å². The number of nitrogens with one attached hydrogen (secondary N) is 4. The first-order valence-electron chi connectivity index (χ1n) is 9.28. The van der Waals surface area contributed by atoms with Crippen molar-refractivity contribution in [2.75, 3.05) is 6.54 Å². The van der Waals surface area contributed by atoms with E-state index < -0.39 is 10.0 Å². The summed E-state index contributed by atoms with van der Waals surface area (Å²) in [5, 5.41) is 2.87. The summed E-state index contributed by atoms with van der Waals surface area (Å²) in [5.74, 6) is 0.266. The molecule has 4 N–H and O–H groups in total. The van der Waals surface area contributed by atoms with Crippen LogP contribution in [-0.4, -0.2) is 39.0 Å². The number of sulfonamides is 1. The SMILES string of the molecule is CC1NNC(C)C1CCCNS(=O)(=O)c1cccc(C(=O)NC2CC2)c1. The van der Waals surface area contributed by atoms with Crippen LogP contribution < -0.4 is 20.9 Å². The van der Waals surface area contributed by atoms with Crippen molar-refractivity contribution in [2.45, 2.75) is 62.6 Å². The van der Waals surface area contributed by atoms with E-state index in [2.05, 4.69) is 34.7 Å². The maximum atomic E-state index is 12.5. The summed E-state index contributed by atoms with van der Waals surface area (Å²) in [6.45, 7) is 4.64. The number of benzene rings is 1. The van der Waals surface area contributed by atoms with E-state index >= 15 is 0 Å². The first-order valence-corrected chi connectivity index (χ1v) is 10.8. The van der Waals surface area contributed by atoms with Crippen LogP contribution in [0, 0.1) is 5.92 Å². The van der Waals surface area contributed by atoms with Gasteiger partial charge in [-0.2, -0.15) is 0 Å². The zero-order chi connectivity index (χ0) is 18.7. The molecule has 0 aromatic heterocycles. The monoisotopic (exact) mass is 380 g/mol. The van der Waals surface area contributed by atoms with Crippen LogP contribution in [0.15, 0.2) is 29.2 Å². The van der Waals surface area contributed by atoms with Crippen molar-refractivity contribution in [2.24, 2.45) is 5.92 Å². The third kappa shape index (κ3) is 4.82. The van der Waals surface area contributed by atoms with Crippen LogP contribution in [0.3, 0.4) is 0 Å². The Morgan fingerprint density at radius 1 is 1.19 bits per heavy atom. The molecular weight excluding hydrogens is 352 g/mol. The molecule has 2 aliphatic rings. The number of carbonyl (C=O) groups is 1. The molecule has 8 heteroatoms. The van der Waals surface area contributed by atoms with Crippen molar-refractivity contribution in [1.29, 1.82) is 0 Å². The summed E-state index contributed by atoms with van der Waals surface area (Å²) >= 11 is 0. The number of carbonyl (C=O) groups excluding carboxylic acids is 1. The van der Waals surface area contributed by atoms with Crippen LogP contribution in [0.2, 0.25) is 0 Å². The van der Waals surface area contributed by atoms with Crippen molar-refractivity contribution >= 4 is 15.9 Å². The molecule has 26 heavy (non-hydrogen) atoms. The lowest BCUT2D eigenvalue weighted by atomic mass is 9.92. The van der Waals surface area contributed by atoms with E-state index in [-0.39, 0.29) is 16.8 Å². The second-order valence-corrected chi connectivity index (χ2v) is 9.11. The topological polar surface area (TPSA) is 99.3 Å². The Hall–Kier alpha value is -1.48. The molecule has 2 atom stereocenters. The predicted molar refractivity (Wildman–Crippen MR) is 100 cm³/mol. The minimum Gasteiger partial charge on any atom is -0.349 e. The number of hydrazine groups is 1. The fourth-order valence-corrected chi connectivity index (χ4v) is 4.46. The summed E-state index contributed by atoms with van der Waals surface area (Å²) in [6.07, 6.45) is 3.70. The molecule has 2 unspecified atom stereocenters. The van der Waals surface area contributed by atoms with Gasteiger partial charge in [0.2, 0.25) is 10.0 Å². The molecule has 0 radical (unpaired) electrons. The van der Waals surface area contributed by atoms with Crippen LogP contribution in [0.1, 0.15) is 49.9 Å². The Bertz CT molecular complexity index is 739. The third-order valence-electron chi connectivity index (χ3n) is 5.15. The number of amides is 1. The highest BCUT2D eigenvalue weighted by atomic mass is 32.2. The number of rotatable bonds is 8. The van der Waals surface area contributed by atoms with Crippen molar-refractivity contribution in [3.8, 4) is 0 Å². The fourth-order valence-electron chi connectivity index (χ4n) is 3.34. The molecule has 1 saturated carbocycles. The maximum Gasteiger partial charge on any atom is 0.251 e. The zero-order valence-corrected chi connectivity index (χ0v) is 16.1. The molecule has 1 aromatic carbocycles. The van der Waals surface area contributed by atoms with Gasteiger partial charge in [0.1, 0.15) is 0 Å². The van der Waals surface area contributed by atoms with Crippen LogP contribution in [0.4, 0.5) is 0 Å².